The number of halogens is 2. The van der Waals surface area contributed by atoms with Gasteiger partial charge >= 0.3 is 0 Å². The van der Waals surface area contributed by atoms with E-state index in [1.807, 2.05) is 24.3 Å². The highest BCUT2D eigenvalue weighted by atomic mass is 79.9. The third-order valence-corrected chi connectivity index (χ3v) is 5.70. The van der Waals surface area contributed by atoms with Gasteiger partial charge in [0.2, 0.25) is 5.91 Å². The normalized spacial score (nSPS) is 14.2. The van der Waals surface area contributed by atoms with Gasteiger partial charge in [-0.3, -0.25) is 14.5 Å². The van der Waals surface area contributed by atoms with Crippen LogP contribution in [-0.2, 0) is 11.3 Å². The van der Waals surface area contributed by atoms with E-state index in [2.05, 4.69) is 32.2 Å². The molecule has 3 rings (SSSR count). The Hall–Kier alpha value is -2.76. The zero-order valence-corrected chi connectivity index (χ0v) is 18.0. The van der Waals surface area contributed by atoms with Crippen LogP contribution >= 0.6 is 15.9 Å². The number of nitrogens with one attached hydrogen (secondary N) is 1. The topological polar surface area (TPSA) is 76.4 Å². The van der Waals surface area contributed by atoms with Gasteiger partial charge in [0.1, 0.15) is 5.82 Å². The summed E-state index contributed by atoms with van der Waals surface area (Å²) in [4.78, 5) is 28.7. The van der Waals surface area contributed by atoms with Gasteiger partial charge in [0.25, 0.3) is 5.91 Å². The van der Waals surface area contributed by atoms with Crippen LogP contribution in [0.5, 0.6) is 0 Å². The molecule has 0 radical (unpaired) electrons. The van der Waals surface area contributed by atoms with E-state index in [4.69, 9.17) is 5.26 Å². The van der Waals surface area contributed by atoms with Crippen LogP contribution in [0.15, 0.2) is 46.9 Å². The first kappa shape index (κ1) is 21.9. The monoisotopic (exact) mass is 472 g/mol. The van der Waals surface area contributed by atoms with Crippen molar-refractivity contribution in [2.24, 2.45) is 0 Å². The Morgan fingerprint density at radius 1 is 1.10 bits per heavy atom. The molecule has 2 aromatic carbocycles. The van der Waals surface area contributed by atoms with Crippen molar-refractivity contribution in [3.8, 4) is 6.07 Å². The van der Waals surface area contributed by atoms with Gasteiger partial charge in [0, 0.05) is 50.2 Å². The summed E-state index contributed by atoms with van der Waals surface area (Å²) in [5.74, 6) is -0.911. The first-order chi connectivity index (χ1) is 14.5. The second kappa shape index (κ2) is 10.3. The minimum absolute atomic E-state index is 0.00775. The zero-order chi connectivity index (χ0) is 21.5. The molecule has 1 aliphatic rings. The maximum absolute atomic E-state index is 13.3. The molecule has 0 bridgehead atoms. The summed E-state index contributed by atoms with van der Waals surface area (Å²) in [6, 6.07) is 13.6. The van der Waals surface area contributed by atoms with E-state index >= 15 is 0 Å². The van der Waals surface area contributed by atoms with Gasteiger partial charge in [0.15, 0.2) is 0 Å². The lowest BCUT2D eigenvalue weighted by Crippen LogP contribution is -2.48. The third-order valence-electron chi connectivity index (χ3n) is 5.01. The fraction of sp³-hybridized carbons (Fsp3) is 0.318. The third kappa shape index (κ3) is 5.88. The second-order valence-corrected chi connectivity index (χ2v) is 7.95. The van der Waals surface area contributed by atoms with Crippen molar-refractivity contribution >= 4 is 27.7 Å². The van der Waals surface area contributed by atoms with Crippen molar-refractivity contribution in [1.82, 2.24) is 15.1 Å². The summed E-state index contributed by atoms with van der Waals surface area (Å²) in [6.07, 6.45) is 0.203. The molecule has 0 saturated carbocycles. The van der Waals surface area contributed by atoms with E-state index in [0.29, 0.717) is 23.1 Å². The first-order valence-electron chi connectivity index (χ1n) is 9.68. The number of rotatable bonds is 6. The molecule has 0 spiro atoms. The molecule has 2 aromatic rings. The molecule has 8 heteroatoms. The second-order valence-electron chi connectivity index (χ2n) is 7.10. The average Bonchev–Trinajstić information content (AvgIpc) is 2.76. The fourth-order valence-electron chi connectivity index (χ4n) is 3.31. The maximum Gasteiger partial charge on any atom is 0.252 e. The molecule has 1 heterocycles. The Balaban J connectivity index is 1.40. The maximum atomic E-state index is 13.3. The van der Waals surface area contributed by atoms with Gasteiger partial charge in [-0.2, -0.15) is 5.26 Å². The van der Waals surface area contributed by atoms with Crippen LogP contribution in [-0.4, -0.2) is 54.3 Å². The Morgan fingerprint density at radius 2 is 1.80 bits per heavy atom. The number of nitriles is 1. The Labute approximate surface area is 183 Å². The number of amides is 2. The summed E-state index contributed by atoms with van der Waals surface area (Å²) in [6.45, 7) is 3.80. The van der Waals surface area contributed by atoms with Gasteiger partial charge < -0.3 is 10.2 Å². The molecule has 1 saturated heterocycles. The number of hydrogen-bond donors (Lipinski definition) is 1. The summed E-state index contributed by atoms with van der Waals surface area (Å²) in [5.41, 5.74) is 1.99. The molecular weight excluding hydrogens is 451 g/mol. The van der Waals surface area contributed by atoms with Gasteiger partial charge in [-0.25, -0.2) is 4.39 Å². The number of carbonyl (C=O) groups excluding carboxylic acids is 2. The molecule has 1 fully saturated rings. The smallest absolute Gasteiger partial charge is 0.252 e. The lowest BCUT2D eigenvalue weighted by molar-refractivity contribution is -0.132. The van der Waals surface area contributed by atoms with E-state index in [-0.39, 0.29) is 24.4 Å². The van der Waals surface area contributed by atoms with E-state index in [9.17, 15) is 14.0 Å². The summed E-state index contributed by atoms with van der Waals surface area (Å²) in [7, 11) is 0. The van der Waals surface area contributed by atoms with E-state index in [0.717, 1.165) is 31.3 Å². The van der Waals surface area contributed by atoms with Gasteiger partial charge in [-0.1, -0.05) is 12.1 Å². The molecule has 0 aliphatic carbocycles. The highest BCUT2D eigenvalue weighted by Crippen LogP contribution is 2.17. The predicted octanol–water partition coefficient (Wildman–Crippen LogP) is 2.92. The Kier molecular flexibility index (Phi) is 7.55. The SMILES string of the molecule is N#Cc1ccc(CN2CCN(C(=O)CCNC(=O)c3cc(F)ccc3Br)CC2)cc1. The first-order valence-corrected chi connectivity index (χ1v) is 10.5. The van der Waals surface area contributed by atoms with E-state index in [1.54, 1.807) is 4.90 Å². The van der Waals surface area contributed by atoms with Crippen LogP contribution in [0.4, 0.5) is 4.39 Å². The molecule has 0 aromatic heterocycles. The Bertz CT molecular complexity index is 951. The van der Waals surface area contributed by atoms with Crippen molar-refractivity contribution < 1.29 is 14.0 Å². The number of benzene rings is 2. The van der Waals surface area contributed by atoms with Crippen LogP contribution in [0, 0.1) is 17.1 Å². The standard InChI is InChI=1S/C22H22BrFN4O2/c23-20-6-5-18(24)13-19(20)22(30)26-8-7-21(29)28-11-9-27(10-12-28)15-17-3-1-16(14-25)2-4-17/h1-6,13H,7-12,15H2,(H,26,30). The zero-order valence-electron chi connectivity index (χ0n) is 16.4. The minimum atomic E-state index is -0.488. The molecule has 0 atom stereocenters. The fourth-order valence-corrected chi connectivity index (χ4v) is 3.73. The predicted molar refractivity (Wildman–Crippen MR) is 114 cm³/mol. The molecule has 156 valence electrons. The van der Waals surface area contributed by atoms with Crippen molar-refractivity contribution in [2.45, 2.75) is 13.0 Å². The van der Waals surface area contributed by atoms with Crippen molar-refractivity contribution in [1.29, 1.82) is 5.26 Å². The molecule has 1 aliphatic heterocycles. The Morgan fingerprint density at radius 3 is 2.47 bits per heavy atom. The minimum Gasteiger partial charge on any atom is -0.351 e. The van der Waals surface area contributed by atoms with Crippen LogP contribution in [0.1, 0.15) is 27.9 Å². The quantitative estimate of drug-likeness (QED) is 0.700. The van der Waals surface area contributed by atoms with E-state index < -0.39 is 11.7 Å². The lowest BCUT2D eigenvalue weighted by atomic mass is 10.1. The molecule has 6 nitrogen and oxygen atoms in total. The number of carbonyl (C=O) groups is 2. The molecule has 1 N–H and O–H groups in total. The largest absolute Gasteiger partial charge is 0.351 e. The summed E-state index contributed by atoms with van der Waals surface area (Å²) < 4.78 is 13.8. The van der Waals surface area contributed by atoms with Crippen LogP contribution in [0.2, 0.25) is 0 Å². The summed E-state index contributed by atoms with van der Waals surface area (Å²) in [5, 5.41) is 11.5. The van der Waals surface area contributed by atoms with Crippen molar-refractivity contribution in [3.63, 3.8) is 0 Å². The summed E-state index contributed by atoms with van der Waals surface area (Å²) >= 11 is 3.23. The number of nitrogens with zero attached hydrogens (tertiary/aromatic N) is 3. The van der Waals surface area contributed by atoms with Crippen molar-refractivity contribution in [2.75, 3.05) is 32.7 Å². The van der Waals surface area contributed by atoms with Gasteiger partial charge in [-0.05, 0) is 51.8 Å². The van der Waals surface area contributed by atoms with E-state index in [1.165, 1.54) is 12.1 Å². The molecule has 0 unspecified atom stereocenters. The highest BCUT2D eigenvalue weighted by molar-refractivity contribution is 9.10. The molecule has 2 amide bonds. The number of hydrogen-bond acceptors (Lipinski definition) is 4. The van der Waals surface area contributed by atoms with Crippen LogP contribution < -0.4 is 5.32 Å². The molecule has 30 heavy (non-hydrogen) atoms. The van der Waals surface area contributed by atoms with Crippen LogP contribution in [0.25, 0.3) is 0 Å². The van der Waals surface area contributed by atoms with Gasteiger partial charge in [0.05, 0.1) is 17.2 Å². The van der Waals surface area contributed by atoms with Gasteiger partial charge in [-0.15, -0.1) is 0 Å². The lowest BCUT2D eigenvalue weighted by Gasteiger charge is -2.34. The average molecular weight is 473 g/mol. The van der Waals surface area contributed by atoms with Crippen LogP contribution in [0.3, 0.4) is 0 Å². The van der Waals surface area contributed by atoms with Crippen molar-refractivity contribution in [3.05, 3.63) is 69.4 Å². The highest BCUT2D eigenvalue weighted by Gasteiger charge is 2.21. The molecular formula is C22H22BrFN4O2. The number of piperazine rings is 1.